The summed E-state index contributed by atoms with van der Waals surface area (Å²) in [6.07, 6.45) is 8.94. The average Bonchev–Trinajstić information content (AvgIpc) is 2.97. The third-order valence-electron chi connectivity index (χ3n) is 4.53. The second kappa shape index (κ2) is 3.84. The second-order valence-electron chi connectivity index (χ2n) is 5.94. The van der Waals surface area contributed by atoms with Crippen molar-refractivity contribution in [2.45, 2.75) is 70.4 Å². The molecule has 0 spiro atoms. The van der Waals surface area contributed by atoms with Crippen LogP contribution in [-0.2, 0) is 5.54 Å². The standard InChI is InChI=1S/C14H23N3/c1-10-13(14(15)8-9-14)11(2)17(16-10)12-6-4-3-5-7-12/h12H,3-9,15H2,1-2H3. The Balaban J connectivity index is 1.95. The van der Waals surface area contributed by atoms with Crippen molar-refractivity contribution in [3.63, 3.8) is 0 Å². The average molecular weight is 233 g/mol. The largest absolute Gasteiger partial charge is 0.321 e. The summed E-state index contributed by atoms with van der Waals surface area (Å²) in [6.45, 7) is 4.32. The Hall–Kier alpha value is -0.830. The predicted molar refractivity (Wildman–Crippen MR) is 68.9 cm³/mol. The van der Waals surface area contributed by atoms with Gasteiger partial charge in [0.15, 0.2) is 0 Å². The first-order valence-corrected chi connectivity index (χ1v) is 6.97. The van der Waals surface area contributed by atoms with Crippen LogP contribution < -0.4 is 5.73 Å². The van der Waals surface area contributed by atoms with E-state index in [1.54, 1.807) is 0 Å². The van der Waals surface area contributed by atoms with E-state index in [2.05, 4.69) is 18.5 Å². The molecule has 2 fully saturated rings. The van der Waals surface area contributed by atoms with Crippen molar-refractivity contribution in [3.05, 3.63) is 17.0 Å². The van der Waals surface area contributed by atoms with Crippen LogP contribution in [0.25, 0.3) is 0 Å². The van der Waals surface area contributed by atoms with E-state index < -0.39 is 0 Å². The lowest BCUT2D eigenvalue weighted by molar-refractivity contribution is 0.323. The number of hydrogen-bond acceptors (Lipinski definition) is 2. The Morgan fingerprint density at radius 3 is 2.41 bits per heavy atom. The highest BCUT2D eigenvalue weighted by molar-refractivity contribution is 5.37. The van der Waals surface area contributed by atoms with Crippen molar-refractivity contribution >= 4 is 0 Å². The highest BCUT2D eigenvalue weighted by atomic mass is 15.3. The fourth-order valence-electron chi connectivity index (χ4n) is 3.45. The van der Waals surface area contributed by atoms with E-state index in [0.29, 0.717) is 6.04 Å². The molecule has 0 radical (unpaired) electrons. The lowest BCUT2D eigenvalue weighted by Crippen LogP contribution is -2.21. The quantitative estimate of drug-likeness (QED) is 0.853. The Morgan fingerprint density at radius 2 is 1.82 bits per heavy atom. The zero-order chi connectivity index (χ0) is 12.0. The van der Waals surface area contributed by atoms with Gasteiger partial charge in [-0.05, 0) is 39.5 Å². The third-order valence-corrected chi connectivity index (χ3v) is 4.53. The van der Waals surface area contributed by atoms with Crippen LogP contribution in [0.1, 0.15) is 67.9 Å². The van der Waals surface area contributed by atoms with Crippen LogP contribution in [0.15, 0.2) is 0 Å². The van der Waals surface area contributed by atoms with Crippen molar-refractivity contribution in [1.82, 2.24) is 9.78 Å². The molecule has 0 unspecified atom stereocenters. The van der Waals surface area contributed by atoms with Gasteiger partial charge in [-0.2, -0.15) is 5.10 Å². The van der Waals surface area contributed by atoms with Crippen LogP contribution in [0, 0.1) is 13.8 Å². The number of aryl methyl sites for hydroxylation is 1. The number of hydrogen-bond donors (Lipinski definition) is 1. The zero-order valence-corrected chi connectivity index (χ0v) is 11.0. The molecule has 0 amide bonds. The summed E-state index contributed by atoms with van der Waals surface area (Å²) >= 11 is 0. The number of aromatic nitrogens is 2. The van der Waals surface area contributed by atoms with Crippen LogP contribution in [0.4, 0.5) is 0 Å². The Morgan fingerprint density at radius 1 is 1.18 bits per heavy atom. The molecule has 3 nitrogen and oxygen atoms in total. The molecule has 1 aromatic heterocycles. The molecule has 1 aromatic rings. The molecule has 0 aromatic carbocycles. The van der Waals surface area contributed by atoms with Crippen LogP contribution in [0.2, 0.25) is 0 Å². The van der Waals surface area contributed by atoms with E-state index in [9.17, 15) is 0 Å². The SMILES string of the molecule is Cc1nn(C2CCCCC2)c(C)c1C1(N)CC1. The van der Waals surface area contributed by atoms with Crippen LogP contribution in [0.3, 0.4) is 0 Å². The maximum atomic E-state index is 6.36. The van der Waals surface area contributed by atoms with Crippen molar-refractivity contribution in [3.8, 4) is 0 Å². The number of nitrogens with two attached hydrogens (primary N) is 1. The molecule has 0 atom stereocenters. The van der Waals surface area contributed by atoms with Crippen molar-refractivity contribution in [1.29, 1.82) is 0 Å². The summed E-state index contributed by atoms with van der Waals surface area (Å²) in [5.41, 5.74) is 10.1. The maximum Gasteiger partial charge on any atom is 0.0647 e. The van der Waals surface area contributed by atoms with E-state index in [4.69, 9.17) is 10.8 Å². The minimum absolute atomic E-state index is 0.0406. The first kappa shape index (κ1) is 11.3. The smallest absolute Gasteiger partial charge is 0.0647 e. The number of nitrogens with zero attached hydrogens (tertiary/aromatic N) is 2. The molecule has 2 N–H and O–H groups in total. The summed E-state index contributed by atoms with van der Waals surface area (Å²) in [5.74, 6) is 0. The molecule has 17 heavy (non-hydrogen) atoms. The Kier molecular flexibility index (Phi) is 2.54. The summed E-state index contributed by atoms with van der Waals surface area (Å²) in [5, 5.41) is 4.78. The van der Waals surface area contributed by atoms with E-state index in [-0.39, 0.29) is 5.54 Å². The summed E-state index contributed by atoms with van der Waals surface area (Å²) in [4.78, 5) is 0. The molecule has 2 saturated carbocycles. The summed E-state index contributed by atoms with van der Waals surface area (Å²) < 4.78 is 2.27. The molecule has 0 aliphatic heterocycles. The van der Waals surface area contributed by atoms with E-state index in [1.165, 1.54) is 43.4 Å². The van der Waals surface area contributed by atoms with Gasteiger partial charge in [0.25, 0.3) is 0 Å². The normalized spacial score (nSPS) is 23.9. The topological polar surface area (TPSA) is 43.8 Å². The highest BCUT2D eigenvalue weighted by Crippen LogP contribution is 2.46. The van der Waals surface area contributed by atoms with Gasteiger partial charge in [-0.1, -0.05) is 19.3 Å². The van der Waals surface area contributed by atoms with Gasteiger partial charge < -0.3 is 5.73 Å². The molecule has 0 bridgehead atoms. The van der Waals surface area contributed by atoms with Crippen LogP contribution in [0.5, 0.6) is 0 Å². The molecular weight excluding hydrogens is 210 g/mol. The molecule has 1 heterocycles. The van der Waals surface area contributed by atoms with Gasteiger partial charge in [-0.3, -0.25) is 4.68 Å². The number of rotatable bonds is 2. The summed E-state index contributed by atoms with van der Waals surface area (Å²) in [6, 6.07) is 0.624. The molecule has 2 aliphatic carbocycles. The van der Waals surface area contributed by atoms with Gasteiger partial charge in [0.2, 0.25) is 0 Å². The van der Waals surface area contributed by atoms with E-state index in [1.807, 2.05) is 0 Å². The van der Waals surface area contributed by atoms with Crippen LogP contribution in [-0.4, -0.2) is 9.78 Å². The molecule has 3 heteroatoms. The molecule has 2 aliphatic rings. The zero-order valence-electron chi connectivity index (χ0n) is 11.0. The van der Waals surface area contributed by atoms with Crippen molar-refractivity contribution in [2.75, 3.05) is 0 Å². The lowest BCUT2D eigenvalue weighted by atomic mass is 9.95. The highest BCUT2D eigenvalue weighted by Gasteiger charge is 2.44. The van der Waals surface area contributed by atoms with Crippen molar-refractivity contribution in [2.24, 2.45) is 5.73 Å². The summed E-state index contributed by atoms with van der Waals surface area (Å²) in [7, 11) is 0. The van der Waals surface area contributed by atoms with Gasteiger partial charge in [0, 0.05) is 16.8 Å². The monoisotopic (exact) mass is 233 g/mol. The minimum Gasteiger partial charge on any atom is -0.321 e. The lowest BCUT2D eigenvalue weighted by Gasteiger charge is -2.23. The van der Waals surface area contributed by atoms with Gasteiger partial charge in [-0.15, -0.1) is 0 Å². The van der Waals surface area contributed by atoms with Gasteiger partial charge >= 0.3 is 0 Å². The first-order valence-electron chi connectivity index (χ1n) is 6.97. The first-order chi connectivity index (χ1) is 8.12. The fraction of sp³-hybridized carbons (Fsp3) is 0.786. The van der Waals surface area contributed by atoms with E-state index in [0.717, 1.165) is 18.5 Å². The Labute approximate surface area is 103 Å². The van der Waals surface area contributed by atoms with E-state index >= 15 is 0 Å². The maximum absolute atomic E-state index is 6.36. The predicted octanol–water partition coefficient (Wildman–Crippen LogP) is 2.95. The second-order valence-corrected chi connectivity index (χ2v) is 5.94. The minimum atomic E-state index is -0.0406. The van der Waals surface area contributed by atoms with Gasteiger partial charge in [0.05, 0.1) is 11.7 Å². The molecule has 0 saturated heterocycles. The van der Waals surface area contributed by atoms with Gasteiger partial charge in [-0.25, -0.2) is 0 Å². The van der Waals surface area contributed by atoms with Gasteiger partial charge in [0.1, 0.15) is 0 Å². The molecule has 94 valence electrons. The third kappa shape index (κ3) is 1.81. The molecular formula is C14H23N3. The van der Waals surface area contributed by atoms with Crippen LogP contribution >= 0.6 is 0 Å². The molecule has 3 rings (SSSR count). The van der Waals surface area contributed by atoms with Crippen molar-refractivity contribution < 1.29 is 0 Å². The fourth-order valence-corrected chi connectivity index (χ4v) is 3.45. The Bertz CT molecular complexity index is 423.